The fourth-order valence-electron chi connectivity index (χ4n) is 4.02. The number of nitrogens with one attached hydrogen (secondary N) is 2. The van der Waals surface area contributed by atoms with Crippen LogP contribution in [0.25, 0.3) is 28.0 Å². The molecule has 0 bridgehead atoms. The number of hydrogen-bond acceptors (Lipinski definition) is 5. The molecule has 5 aromatic rings. The summed E-state index contributed by atoms with van der Waals surface area (Å²) in [5.41, 5.74) is 11.7. The van der Waals surface area contributed by atoms with Crippen molar-refractivity contribution in [3.63, 3.8) is 0 Å². The lowest BCUT2D eigenvalue weighted by molar-refractivity contribution is -0.516. The van der Waals surface area contributed by atoms with Crippen molar-refractivity contribution in [2.45, 2.75) is 26.8 Å². The Morgan fingerprint density at radius 2 is 1.81 bits per heavy atom. The number of H-pyrrole nitrogens is 2. The molecule has 0 aliphatic heterocycles. The second-order valence-corrected chi connectivity index (χ2v) is 7.71. The third-order valence-corrected chi connectivity index (χ3v) is 5.36. The highest BCUT2D eigenvalue weighted by Crippen LogP contribution is 2.33. The summed E-state index contributed by atoms with van der Waals surface area (Å²) in [6, 6.07) is 13.8. The van der Waals surface area contributed by atoms with E-state index in [1.807, 2.05) is 56.3 Å². The Bertz CT molecular complexity index is 1450. The van der Waals surface area contributed by atoms with Gasteiger partial charge in [-0.25, -0.2) is 14.9 Å². The first-order valence-corrected chi connectivity index (χ1v) is 10.3. The molecule has 0 unspecified atom stereocenters. The monoisotopic (exact) mass is 427 g/mol. The van der Waals surface area contributed by atoms with Gasteiger partial charge in [0.25, 0.3) is 0 Å². The Balaban J connectivity index is 1.77. The summed E-state index contributed by atoms with van der Waals surface area (Å²) in [5, 5.41) is 3.27. The Morgan fingerprint density at radius 1 is 1.06 bits per heavy atom. The molecule has 0 fully saturated rings. The zero-order valence-electron chi connectivity index (χ0n) is 17.8. The lowest BCUT2D eigenvalue weighted by Crippen LogP contribution is -2.44. The predicted molar refractivity (Wildman–Crippen MR) is 121 cm³/mol. The van der Waals surface area contributed by atoms with Gasteiger partial charge in [-0.2, -0.15) is 4.68 Å². The van der Waals surface area contributed by atoms with Gasteiger partial charge in [0.2, 0.25) is 5.65 Å². The third kappa shape index (κ3) is 3.43. The van der Waals surface area contributed by atoms with Crippen LogP contribution in [0.4, 0.5) is 5.95 Å². The van der Waals surface area contributed by atoms with E-state index in [0.717, 1.165) is 33.9 Å². The topological polar surface area (TPSA) is 122 Å². The van der Waals surface area contributed by atoms with Gasteiger partial charge in [0.05, 0.1) is 12.1 Å². The molecule has 32 heavy (non-hydrogen) atoms. The molecule has 0 radical (unpaired) electrons. The normalized spacial score (nSPS) is 11.3. The van der Waals surface area contributed by atoms with Crippen LogP contribution >= 0.6 is 0 Å². The fourth-order valence-corrected chi connectivity index (χ4v) is 4.02. The number of benzene rings is 1. The first-order valence-electron chi connectivity index (χ1n) is 10.3. The molecule has 4 aromatic heterocycles. The van der Waals surface area contributed by atoms with Crippen LogP contribution in [-0.2, 0) is 13.0 Å². The Labute approximate surface area is 183 Å². The molecule has 1 aromatic carbocycles. The summed E-state index contributed by atoms with van der Waals surface area (Å²) in [6.45, 7) is 4.32. The fraction of sp³-hybridized carbons (Fsp3) is 0.174. The lowest BCUT2D eigenvalue weighted by atomic mass is 9.99. The quantitative estimate of drug-likeness (QED) is 0.371. The van der Waals surface area contributed by atoms with Crippen LogP contribution in [0.1, 0.15) is 17.2 Å². The van der Waals surface area contributed by atoms with Gasteiger partial charge >= 0.3 is 11.6 Å². The molecule has 9 nitrogen and oxygen atoms in total. The second-order valence-electron chi connectivity index (χ2n) is 7.71. The van der Waals surface area contributed by atoms with Gasteiger partial charge in [0.15, 0.2) is 0 Å². The van der Waals surface area contributed by atoms with E-state index in [0.29, 0.717) is 24.3 Å². The Morgan fingerprint density at radius 3 is 2.50 bits per heavy atom. The molecule has 0 amide bonds. The highest BCUT2D eigenvalue weighted by atomic mass is 16.2. The van der Waals surface area contributed by atoms with Gasteiger partial charge < -0.3 is 10.7 Å². The van der Waals surface area contributed by atoms with Gasteiger partial charge in [0.1, 0.15) is 11.5 Å². The summed E-state index contributed by atoms with van der Waals surface area (Å²) in [4.78, 5) is 29.7. The minimum Gasteiger partial charge on any atom is -0.349 e. The van der Waals surface area contributed by atoms with Gasteiger partial charge in [-0.3, -0.25) is 4.98 Å². The van der Waals surface area contributed by atoms with Crippen LogP contribution in [0.15, 0.2) is 59.7 Å². The molecule has 0 saturated carbocycles. The van der Waals surface area contributed by atoms with E-state index in [-0.39, 0.29) is 11.6 Å². The number of pyridine rings is 1. The molecular weight excluding hydrogens is 404 g/mol. The van der Waals surface area contributed by atoms with Gasteiger partial charge in [0, 0.05) is 35.8 Å². The van der Waals surface area contributed by atoms with Crippen molar-refractivity contribution in [2.24, 2.45) is 0 Å². The standard InChI is InChI=1S/C23H22N8O/c1-14-12-17(13-15(2)27-14)19-20(16-6-4-3-5-7-16)28-22(24)31-21(19)29-30(23(31)32)11-8-18-25-9-10-26-18/h3-7,9-10,12-13H,8,11H2,1-2H3,(H3,24,25,26,27,28,29)/p+1. The average Bonchev–Trinajstić information content (AvgIpc) is 3.40. The molecule has 4 N–H and O–H groups in total. The van der Waals surface area contributed by atoms with Crippen LogP contribution in [0.5, 0.6) is 0 Å². The number of nitrogens with two attached hydrogens (primary N) is 1. The van der Waals surface area contributed by atoms with E-state index in [1.54, 1.807) is 12.4 Å². The van der Waals surface area contributed by atoms with Crippen LogP contribution in [-0.4, -0.2) is 29.7 Å². The van der Waals surface area contributed by atoms with Crippen molar-refractivity contribution in [1.82, 2.24) is 29.7 Å². The maximum Gasteiger partial charge on any atom is 0.428 e. The van der Waals surface area contributed by atoms with Crippen molar-refractivity contribution >= 4 is 11.6 Å². The van der Waals surface area contributed by atoms with Crippen LogP contribution in [0.3, 0.4) is 0 Å². The Kier molecular flexibility index (Phi) is 4.78. The SMILES string of the molecule is Cc1cc(-c2c(-c3ccccc3)nc(N)[n+]3c(=O)n(CCc4ncc[nH]4)[nH]c23)cc(C)n1. The molecule has 0 spiro atoms. The summed E-state index contributed by atoms with van der Waals surface area (Å²) in [6.07, 6.45) is 4.03. The predicted octanol–water partition coefficient (Wildman–Crippen LogP) is 2.20. The third-order valence-electron chi connectivity index (χ3n) is 5.36. The average molecular weight is 427 g/mol. The number of hydrogen-bond donors (Lipinski definition) is 3. The largest absolute Gasteiger partial charge is 0.428 e. The zero-order valence-corrected chi connectivity index (χ0v) is 17.8. The summed E-state index contributed by atoms with van der Waals surface area (Å²) < 4.78 is 2.96. The van der Waals surface area contributed by atoms with E-state index < -0.39 is 0 Å². The molecule has 0 atom stereocenters. The second kappa shape index (κ2) is 7.77. The lowest BCUT2D eigenvalue weighted by Gasteiger charge is -2.10. The zero-order chi connectivity index (χ0) is 22.2. The number of imidazole rings is 1. The summed E-state index contributed by atoms with van der Waals surface area (Å²) >= 11 is 0. The minimum atomic E-state index is -0.278. The van der Waals surface area contributed by atoms with E-state index in [1.165, 1.54) is 9.08 Å². The van der Waals surface area contributed by atoms with Crippen molar-refractivity contribution < 1.29 is 4.40 Å². The molecule has 5 rings (SSSR count). The first kappa shape index (κ1) is 19.7. The summed E-state index contributed by atoms with van der Waals surface area (Å²) in [7, 11) is 0. The maximum absolute atomic E-state index is 13.2. The molecule has 0 aliphatic rings. The number of aromatic amines is 2. The number of nitrogen functional groups attached to an aromatic ring is 1. The number of nitrogens with zero attached hydrogens (tertiary/aromatic N) is 5. The number of anilines is 1. The number of rotatable bonds is 5. The van der Waals surface area contributed by atoms with Crippen LogP contribution < -0.4 is 15.8 Å². The van der Waals surface area contributed by atoms with Gasteiger partial charge in [-0.15, -0.1) is 9.38 Å². The molecular formula is C23H23N8O+. The molecule has 0 aliphatic carbocycles. The van der Waals surface area contributed by atoms with E-state index in [9.17, 15) is 4.79 Å². The molecule has 4 heterocycles. The van der Waals surface area contributed by atoms with Crippen LogP contribution in [0, 0.1) is 13.8 Å². The molecule has 160 valence electrons. The van der Waals surface area contributed by atoms with Crippen molar-refractivity contribution in [2.75, 3.05) is 5.73 Å². The van der Waals surface area contributed by atoms with Gasteiger partial charge in [-0.05, 0) is 31.5 Å². The highest BCUT2D eigenvalue weighted by molar-refractivity contribution is 5.88. The van der Waals surface area contributed by atoms with Crippen molar-refractivity contribution in [1.29, 1.82) is 0 Å². The smallest absolute Gasteiger partial charge is 0.349 e. The highest BCUT2D eigenvalue weighted by Gasteiger charge is 2.26. The van der Waals surface area contributed by atoms with E-state index in [2.05, 4.69) is 25.0 Å². The number of aromatic nitrogens is 7. The van der Waals surface area contributed by atoms with Crippen molar-refractivity contribution in [3.05, 3.63) is 82.6 Å². The summed E-state index contributed by atoms with van der Waals surface area (Å²) in [5.74, 6) is 0.931. The first-order chi connectivity index (χ1) is 15.5. The minimum absolute atomic E-state index is 0.128. The van der Waals surface area contributed by atoms with E-state index >= 15 is 0 Å². The van der Waals surface area contributed by atoms with Gasteiger partial charge in [-0.1, -0.05) is 30.3 Å². The molecule has 9 heteroatoms. The van der Waals surface area contributed by atoms with Crippen molar-refractivity contribution in [3.8, 4) is 22.4 Å². The van der Waals surface area contributed by atoms with Crippen LogP contribution in [0.2, 0.25) is 0 Å². The number of fused-ring (bicyclic) bond motifs is 1. The number of aryl methyl sites for hydroxylation is 4. The van der Waals surface area contributed by atoms with E-state index in [4.69, 9.17) is 5.73 Å². The molecule has 0 saturated heterocycles. The Hall–Kier alpha value is -4.27. The maximum atomic E-state index is 13.2.